The molecule has 1 aliphatic rings. The highest BCUT2D eigenvalue weighted by atomic mass is 19.1. The van der Waals surface area contributed by atoms with Crippen LogP contribution in [0, 0.1) is 25.6 Å². The van der Waals surface area contributed by atoms with E-state index >= 15 is 0 Å². The Morgan fingerprint density at radius 1 is 1.43 bits per heavy atom. The molecule has 0 saturated heterocycles. The number of imidazole rings is 1. The molecule has 2 aromatic rings. The molecule has 1 aromatic heterocycles. The van der Waals surface area contributed by atoms with Gasteiger partial charge < -0.3 is 9.88 Å². The zero-order chi connectivity index (χ0) is 16.4. The number of fused-ring (bicyclic) bond motifs is 1. The van der Waals surface area contributed by atoms with Gasteiger partial charge in [-0.1, -0.05) is 17.7 Å². The molecular weight excluding hydrogens is 293 g/mol. The number of halogens is 1. The number of hydrogen-bond acceptors (Lipinski definition) is 2. The molecule has 0 fully saturated rings. The van der Waals surface area contributed by atoms with Crippen LogP contribution in [-0.4, -0.2) is 22.0 Å². The highest BCUT2D eigenvalue weighted by Crippen LogP contribution is 2.21. The molecule has 2 heterocycles. The molecule has 1 amide bonds. The van der Waals surface area contributed by atoms with Gasteiger partial charge in [0.2, 0.25) is 5.91 Å². The smallest absolute Gasteiger partial charge is 0.223 e. The Kier molecular flexibility index (Phi) is 4.46. The van der Waals surface area contributed by atoms with Crippen LogP contribution in [0.1, 0.15) is 29.1 Å². The second kappa shape index (κ2) is 6.52. The van der Waals surface area contributed by atoms with E-state index in [0.29, 0.717) is 18.5 Å². The summed E-state index contributed by atoms with van der Waals surface area (Å²) in [4.78, 5) is 16.6. The van der Waals surface area contributed by atoms with E-state index in [2.05, 4.69) is 14.9 Å². The van der Waals surface area contributed by atoms with Gasteiger partial charge in [0.1, 0.15) is 11.6 Å². The first-order valence-electron chi connectivity index (χ1n) is 8.08. The Bertz CT molecular complexity index is 723. The summed E-state index contributed by atoms with van der Waals surface area (Å²) in [7, 11) is 0. The van der Waals surface area contributed by atoms with E-state index in [1.807, 2.05) is 26.1 Å². The number of rotatable bonds is 4. The van der Waals surface area contributed by atoms with Crippen molar-refractivity contribution >= 4 is 5.91 Å². The first-order valence-corrected chi connectivity index (χ1v) is 8.08. The molecule has 3 rings (SSSR count). The van der Waals surface area contributed by atoms with Gasteiger partial charge in [-0.15, -0.1) is 0 Å². The molecular formula is C18H22FN3O. The van der Waals surface area contributed by atoms with Crippen molar-refractivity contribution in [2.24, 2.45) is 5.92 Å². The van der Waals surface area contributed by atoms with Gasteiger partial charge in [-0.2, -0.15) is 0 Å². The molecule has 0 spiro atoms. The number of aromatic nitrogens is 2. The van der Waals surface area contributed by atoms with Crippen molar-refractivity contribution in [3.63, 3.8) is 0 Å². The standard InChI is InChI=1S/C18H22FN3O/c1-12-3-4-17(19)14(9-12)5-7-20-18(23)15-6-8-22-13(2)21-11-16(22)10-15/h3-4,9,11,15H,5-8,10H2,1-2H3,(H,20,23). The predicted molar refractivity (Wildman–Crippen MR) is 86.6 cm³/mol. The number of benzene rings is 1. The molecule has 1 aliphatic heterocycles. The quantitative estimate of drug-likeness (QED) is 0.942. The molecule has 1 atom stereocenters. The van der Waals surface area contributed by atoms with E-state index in [4.69, 9.17) is 0 Å². The fourth-order valence-electron chi connectivity index (χ4n) is 3.21. The fraction of sp³-hybridized carbons (Fsp3) is 0.444. The van der Waals surface area contributed by atoms with Crippen molar-refractivity contribution in [1.29, 1.82) is 0 Å². The van der Waals surface area contributed by atoms with Crippen LogP contribution in [0.2, 0.25) is 0 Å². The maximum Gasteiger partial charge on any atom is 0.223 e. The van der Waals surface area contributed by atoms with Crippen LogP contribution in [0.15, 0.2) is 24.4 Å². The van der Waals surface area contributed by atoms with Crippen molar-refractivity contribution in [3.8, 4) is 0 Å². The summed E-state index contributed by atoms with van der Waals surface area (Å²) in [5, 5.41) is 2.95. The number of hydrogen-bond donors (Lipinski definition) is 1. The van der Waals surface area contributed by atoms with E-state index in [9.17, 15) is 9.18 Å². The van der Waals surface area contributed by atoms with E-state index < -0.39 is 0 Å². The number of nitrogens with one attached hydrogen (secondary N) is 1. The van der Waals surface area contributed by atoms with Gasteiger partial charge >= 0.3 is 0 Å². The molecule has 1 aromatic carbocycles. The van der Waals surface area contributed by atoms with Crippen molar-refractivity contribution in [3.05, 3.63) is 52.9 Å². The summed E-state index contributed by atoms with van der Waals surface area (Å²) < 4.78 is 15.9. The second-order valence-corrected chi connectivity index (χ2v) is 6.27. The monoisotopic (exact) mass is 315 g/mol. The first kappa shape index (κ1) is 15.7. The van der Waals surface area contributed by atoms with E-state index in [0.717, 1.165) is 36.5 Å². The Morgan fingerprint density at radius 2 is 2.26 bits per heavy atom. The minimum atomic E-state index is -0.207. The highest BCUT2D eigenvalue weighted by molar-refractivity contribution is 5.79. The average molecular weight is 315 g/mol. The molecule has 23 heavy (non-hydrogen) atoms. The topological polar surface area (TPSA) is 46.9 Å². The molecule has 0 aliphatic carbocycles. The van der Waals surface area contributed by atoms with Crippen molar-refractivity contribution in [1.82, 2.24) is 14.9 Å². The van der Waals surface area contributed by atoms with Crippen molar-refractivity contribution < 1.29 is 9.18 Å². The lowest BCUT2D eigenvalue weighted by Gasteiger charge is -2.23. The van der Waals surface area contributed by atoms with Crippen LogP contribution in [0.5, 0.6) is 0 Å². The SMILES string of the molecule is Cc1ccc(F)c(CCNC(=O)C2CCn3c(cnc3C)C2)c1. The molecule has 1 unspecified atom stereocenters. The molecule has 0 saturated carbocycles. The first-order chi connectivity index (χ1) is 11.0. The molecule has 0 radical (unpaired) electrons. The third-order valence-electron chi connectivity index (χ3n) is 4.56. The predicted octanol–water partition coefficient (Wildman–Crippen LogP) is 2.56. The van der Waals surface area contributed by atoms with Crippen LogP contribution in [0.3, 0.4) is 0 Å². The summed E-state index contributed by atoms with van der Waals surface area (Å²) in [6.45, 7) is 5.23. The van der Waals surface area contributed by atoms with E-state index in [-0.39, 0.29) is 17.6 Å². The van der Waals surface area contributed by atoms with Crippen LogP contribution >= 0.6 is 0 Å². The molecule has 1 N–H and O–H groups in total. The van der Waals surface area contributed by atoms with Crippen LogP contribution in [0.4, 0.5) is 4.39 Å². The summed E-state index contributed by atoms with van der Waals surface area (Å²) in [5.74, 6) is 0.847. The van der Waals surface area contributed by atoms with Crippen molar-refractivity contribution in [2.45, 2.75) is 39.7 Å². The second-order valence-electron chi connectivity index (χ2n) is 6.27. The van der Waals surface area contributed by atoms with Gasteiger partial charge in [0, 0.05) is 37.3 Å². The van der Waals surface area contributed by atoms with E-state index in [1.165, 1.54) is 6.07 Å². The largest absolute Gasteiger partial charge is 0.356 e. The molecule has 4 nitrogen and oxygen atoms in total. The third kappa shape index (κ3) is 3.44. The Morgan fingerprint density at radius 3 is 3.09 bits per heavy atom. The Hall–Kier alpha value is -2.17. The van der Waals surface area contributed by atoms with Gasteiger partial charge in [0.05, 0.1) is 0 Å². The van der Waals surface area contributed by atoms with Crippen LogP contribution in [-0.2, 0) is 24.2 Å². The zero-order valence-corrected chi connectivity index (χ0v) is 13.6. The third-order valence-corrected chi connectivity index (χ3v) is 4.56. The van der Waals surface area contributed by atoms with Crippen molar-refractivity contribution in [2.75, 3.05) is 6.54 Å². The highest BCUT2D eigenvalue weighted by Gasteiger charge is 2.25. The number of carbonyl (C=O) groups excluding carboxylic acids is 1. The van der Waals surface area contributed by atoms with Gasteiger partial charge in [-0.25, -0.2) is 9.37 Å². The lowest BCUT2D eigenvalue weighted by molar-refractivity contribution is -0.125. The maximum atomic E-state index is 13.7. The number of aryl methyl sites for hydroxylation is 2. The lowest BCUT2D eigenvalue weighted by Crippen LogP contribution is -2.36. The summed E-state index contributed by atoms with van der Waals surface area (Å²) in [6.07, 6.45) is 3.93. The summed E-state index contributed by atoms with van der Waals surface area (Å²) in [6, 6.07) is 5.07. The molecule has 5 heteroatoms. The average Bonchev–Trinajstić information content (AvgIpc) is 2.91. The number of nitrogens with zero attached hydrogens (tertiary/aromatic N) is 2. The minimum Gasteiger partial charge on any atom is -0.356 e. The zero-order valence-electron chi connectivity index (χ0n) is 13.6. The Labute approximate surface area is 135 Å². The van der Waals surface area contributed by atoms with Gasteiger partial charge in [-0.3, -0.25) is 4.79 Å². The van der Waals surface area contributed by atoms with Gasteiger partial charge in [-0.05, 0) is 38.3 Å². The van der Waals surface area contributed by atoms with Gasteiger partial charge in [0.25, 0.3) is 0 Å². The minimum absolute atomic E-state index is 0.0130. The maximum absolute atomic E-state index is 13.7. The van der Waals surface area contributed by atoms with E-state index in [1.54, 1.807) is 6.07 Å². The number of carbonyl (C=O) groups is 1. The summed E-state index contributed by atoms with van der Waals surface area (Å²) in [5.41, 5.74) is 2.81. The summed E-state index contributed by atoms with van der Waals surface area (Å²) >= 11 is 0. The van der Waals surface area contributed by atoms with Crippen LogP contribution < -0.4 is 5.32 Å². The van der Waals surface area contributed by atoms with Gasteiger partial charge in [0.15, 0.2) is 0 Å². The Balaban J connectivity index is 1.53. The van der Waals surface area contributed by atoms with Crippen LogP contribution in [0.25, 0.3) is 0 Å². The molecule has 122 valence electrons. The molecule has 0 bridgehead atoms. The normalized spacial score (nSPS) is 16.9. The fourth-order valence-corrected chi connectivity index (χ4v) is 3.21. The number of amides is 1. The lowest BCUT2D eigenvalue weighted by atomic mass is 9.95.